The van der Waals surface area contributed by atoms with Crippen LogP contribution in [0, 0.1) is 0 Å². The van der Waals surface area contributed by atoms with Gasteiger partial charge >= 0.3 is 5.97 Å². The van der Waals surface area contributed by atoms with Gasteiger partial charge in [-0.25, -0.2) is 0 Å². The molecule has 0 spiro atoms. The Morgan fingerprint density at radius 2 is 0.841 bits per heavy atom. The molecule has 0 aromatic carbocycles. The summed E-state index contributed by atoms with van der Waals surface area (Å²) in [5.74, 6) is -0.221. The second-order valence-electron chi connectivity index (χ2n) is 23.1. The van der Waals surface area contributed by atoms with E-state index in [9.17, 15) is 35.1 Å². The van der Waals surface area contributed by atoms with Crippen molar-refractivity contribution >= 4 is 11.9 Å². The number of hydrogen-bond acceptors (Lipinski definition) is 10. The molecule has 0 radical (unpaired) electrons. The van der Waals surface area contributed by atoms with Crippen molar-refractivity contribution < 1.29 is 49.3 Å². The Morgan fingerprint density at radius 1 is 0.451 bits per heavy atom. The number of hydrogen-bond donors (Lipinski definition) is 6. The fourth-order valence-corrected chi connectivity index (χ4v) is 10.0. The zero-order valence-corrected chi connectivity index (χ0v) is 52.4. The molecule has 0 bridgehead atoms. The van der Waals surface area contributed by atoms with Gasteiger partial charge in [0.1, 0.15) is 24.4 Å². The lowest BCUT2D eigenvalue weighted by molar-refractivity contribution is -0.302. The lowest BCUT2D eigenvalue weighted by atomic mass is 9.99. The maximum absolute atomic E-state index is 13.1. The van der Waals surface area contributed by atoms with Crippen molar-refractivity contribution in [2.24, 2.45) is 0 Å². The van der Waals surface area contributed by atoms with Crippen molar-refractivity contribution in [1.82, 2.24) is 5.32 Å². The first-order chi connectivity index (χ1) is 40.2. The number of amides is 1. The van der Waals surface area contributed by atoms with Crippen LogP contribution in [0.4, 0.5) is 0 Å². The summed E-state index contributed by atoms with van der Waals surface area (Å²) < 4.78 is 16.7. The summed E-state index contributed by atoms with van der Waals surface area (Å²) in [6.45, 7) is 4.26. The van der Waals surface area contributed by atoms with E-state index in [4.69, 9.17) is 14.2 Å². The van der Waals surface area contributed by atoms with Crippen LogP contribution >= 0.6 is 0 Å². The van der Waals surface area contributed by atoms with E-state index in [2.05, 4.69) is 92.1 Å². The fraction of sp³-hybridized carbons (Fsp3) is 0.775. The van der Waals surface area contributed by atoms with E-state index >= 15 is 0 Å². The number of esters is 1. The smallest absolute Gasteiger partial charge is 0.305 e. The molecule has 1 saturated heterocycles. The molecule has 0 aromatic heterocycles. The lowest BCUT2D eigenvalue weighted by Crippen LogP contribution is -2.60. The van der Waals surface area contributed by atoms with Crippen molar-refractivity contribution in [2.45, 2.75) is 333 Å². The van der Waals surface area contributed by atoms with Gasteiger partial charge < -0.3 is 45.1 Å². The molecule has 1 aliphatic rings. The number of rotatable bonds is 58. The Hall–Kier alpha value is -3.16. The highest BCUT2D eigenvalue weighted by Gasteiger charge is 2.44. The van der Waals surface area contributed by atoms with E-state index < -0.39 is 49.5 Å². The van der Waals surface area contributed by atoms with Crippen LogP contribution < -0.4 is 5.32 Å². The molecule has 0 aliphatic carbocycles. The van der Waals surface area contributed by atoms with Crippen molar-refractivity contribution in [3.63, 3.8) is 0 Å². The number of carbonyl (C=O) groups excluding carboxylic acids is 2. The van der Waals surface area contributed by atoms with Crippen LogP contribution in [-0.4, -0.2) is 100 Å². The average Bonchev–Trinajstić information content (AvgIpc) is 3.50. The van der Waals surface area contributed by atoms with Crippen LogP contribution in [0.1, 0.15) is 290 Å². The van der Waals surface area contributed by atoms with Gasteiger partial charge in [0.25, 0.3) is 0 Å². The molecule has 82 heavy (non-hydrogen) atoms. The van der Waals surface area contributed by atoms with Gasteiger partial charge in [0, 0.05) is 12.8 Å². The third-order valence-corrected chi connectivity index (χ3v) is 15.4. The molecule has 474 valence electrons. The first-order valence-electron chi connectivity index (χ1n) is 33.9. The molecule has 11 nitrogen and oxygen atoms in total. The van der Waals surface area contributed by atoms with E-state index in [1.807, 2.05) is 6.08 Å². The van der Waals surface area contributed by atoms with Crippen LogP contribution in [0.15, 0.2) is 85.1 Å². The molecule has 0 aromatic rings. The Bertz CT molecular complexity index is 1640. The number of aliphatic hydroxyl groups is 5. The van der Waals surface area contributed by atoms with Gasteiger partial charge in [-0.15, -0.1) is 0 Å². The lowest BCUT2D eigenvalue weighted by Gasteiger charge is -2.40. The molecule has 1 heterocycles. The van der Waals surface area contributed by atoms with Crippen LogP contribution in [0.5, 0.6) is 0 Å². The van der Waals surface area contributed by atoms with E-state index in [0.717, 1.165) is 109 Å². The number of unbranched alkanes of at least 4 members (excludes halogenated alkanes) is 32. The highest BCUT2D eigenvalue weighted by molar-refractivity contribution is 5.76. The summed E-state index contributed by atoms with van der Waals surface area (Å²) in [5.41, 5.74) is 0. The first kappa shape index (κ1) is 76.9. The van der Waals surface area contributed by atoms with Crippen molar-refractivity contribution in [3.8, 4) is 0 Å². The molecule has 7 atom stereocenters. The highest BCUT2D eigenvalue weighted by Crippen LogP contribution is 2.23. The average molecular weight is 1150 g/mol. The van der Waals surface area contributed by atoms with Gasteiger partial charge in [0.2, 0.25) is 5.91 Å². The topological polar surface area (TPSA) is 175 Å². The van der Waals surface area contributed by atoms with Crippen LogP contribution in [0.3, 0.4) is 0 Å². The van der Waals surface area contributed by atoms with Gasteiger partial charge in [-0.05, 0) is 116 Å². The quantitative estimate of drug-likeness (QED) is 0.0195. The van der Waals surface area contributed by atoms with E-state index in [-0.39, 0.29) is 18.5 Å². The summed E-state index contributed by atoms with van der Waals surface area (Å²) in [4.78, 5) is 25.1. The van der Waals surface area contributed by atoms with E-state index in [1.54, 1.807) is 6.08 Å². The third-order valence-electron chi connectivity index (χ3n) is 15.4. The second-order valence-corrected chi connectivity index (χ2v) is 23.1. The summed E-state index contributed by atoms with van der Waals surface area (Å²) in [6, 6.07) is -0.842. The number of allylic oxidation sites excluding steroid dienone is 13. The zero-order valence-electron chi connectivity index (χ0n) is 52.4. The van der Waals surface area contributed by atoms with Gasteiger partial charge in [-0.1, -0.05) is 247 Å². The highest BCUT2D eigenvalue weighted by atomic mass is 16.7. The molecule has 7 unspecified atom stereocenters. The van der Waals surface area contributed by atoms with Crippen molar-refractivity contribution in [2.75, 3.05) is 19.8 Å². The largest absolute Gasteiger partial charge is 0.466 e. The van der Waals surface area contributed by atoms with Gasteiger partial charge in [-0.2, -0.15) is 0 Å². The van der Waals surface area contributed by atoms with Crippen LogP contribution in [-0.2, 0) is 23.8 Å². The molecule has 0 saturated carbocycles. The summed E-state index contributed by atoms with van der Waals surface area (Å²) in [7, 11) is 0. The monoisotopic (exact) mass is 1150 g/mol. The molecule has 1 rings (SSSR count). The van der Waals surface area contributed by atoms with Gasteiger partial charge in [0.15, 0.2) is 6.29 Å². The normalized spacial score (nSPS) is 18.7. The maximum atomic E-state index is 13.1. The van der Waals surface area contributed by atoms with Gasteiger partial charge in [-0.3, -0.25) is 9.59 Å². The van der Waals surface area contributed by atoms with Crippen molar-refractivity contribution in [3.05, 3.63) is 85.1 Å². The van der Waals surface area contributed by atoms with Gasteiger partial charge in [0.05, 0.1) is 32.0 Å². The number of carbonyl (C=O) groups is 2. The van der Waals surface area contributed by atoms with Crippen LogP contribution in [0.2, 0.25) is 0 Å². The Kier molecular flexibility index (Phi) is 55.8. The summed E-state index contributed by atoms with van der Waals surface area (Å²) in [6.07, 6.45) is 71.2. The standard InChI is InChI=1S/C71H125NO10/c1-3-5-7-9-11-13-15-17-30-33-37-41-45-49-53-57-64(74)63(62-81-71-70(79)69(78)68(77)65(61-73)82-71)72-66(75)58-54-50-46-42-38-34-31-28-26-24-22-20-19-21-23-25-27-29-32-36-40-44-48-52-56-60-80-67(76)59-55-51-47-43-39-35-18-16-14-12-10-8-6-4-2/h10,12,15-18,20-23,37,41,53,57,63-65,68-71,73-74,77-79H,3-9,11,13-14,19,24-36,38-40,42-52,54-56,58-62H2,1-2H3,(H,72,75)/b12-10-,17-15+,18-16-,22-20-,23-21-,41-37+,57-53+. The fourth-order valence-electron chi connectivity index (χ4n) is 10.0. The summed E-state index contributed by atoms with van der Waals surface area (Å²) >= 11 is 0. The minimum absolute atomic E-state index is 0.0177. The minimum Gasteiger partial charge on any atom is -0.466 e. The molecule has 6 N–H and O–H groups in total. The predicted octanol–water partition coefficient (Wildman–Crippen LogP) is 16.9. The minimum atomic E-state index is -1.58. The predicted molar refractivity (Wildman–Crippen MR) is 342 cm³/mol. The summed E-state index contributed by atoms with van der Waals surface area (Å²) in [5, 5.41) is 54.5. The molecular formula is C71H125NO10. The SMILES string of the molecule is CCCC/C=C\C/C=C\CCCCCCCC(=O)OCCCCCCCCCCC/C=C\C/C=C\CCCCCCCCCCCC(=O)NC(COC1OC(CO)C(O)C(O)C1O)C(O)/C=C/CC/C=C/CC/C=C/CCCCCCC. The number of aliphatic hydroxyl groups excluding tert-OH is 5. The van der Waals surface area contributed by atoms with E-state index in [1.165, 1.54) is 154 Å². The van der Waals surface area contributed by atoms with Crippen LogP contribution in [0.25, 0.3) is 0 Å². The maximum Gasteiger partial charge on any atom is 0.305 e. The van der Waals surface area contributed by atoms with E-state index in [0.29, 0.717) is 19.4 Å². The molecule has 1 aliphatic heterocycles. The molecule has 1 amide bonds. The Balaban J connectivity index is 2.06. The molecular weight excluding hydrogens is 1030 g/mol. The number of nitrogens with one attached hydrogen (secondary N) is 1. The first-order valence-corrected chi connectivity index (χ1v) is 33.9. The zero-order chi connectivity index (χ0) is 59.5. The Labute approximate surface area is 502 Å². The Morgan fingerprint density at radius 3 is 1.32 bits per heavy atom. The molecule has 1 fully saturated rings. The number of ether oxygens (including phenoxy) is 3. The second kappa shape index (κ2) is 59.6. The molecule has 11 heteroatoms. The third kappa shape index (κ3) is 48.1. The van der Waals surface area contributed by atoms with Crippen molar-refractivity contribution in [1.29, 1.82) is 0 Å².